The van der Waals surface area contributed by atoms with E-state index in [9.17, 15) is 0 Å². The molecule has 0 unspecified atom stereocenters. The van der Waals surface area contributed by atoms with Crippen LogP contribution in [0.2, 0.25) is 0 Å². The van der Waals surface area contributed by atoms with Crippen molar-refractivity contribution in [1.29, 1.82) is 0 Å². The van der Waals surface area contributed by atoms with E-state index in [0.717, 1.165) is 79.6 Å². The van der Waals surface area contributed by atoms with Crippen LogP contribution in [0.15, 0.2) is 249 Å². The van der Waals surface area contributed by atoms with Crippen LogP contribution >= 0.6 is 0 Å². The molecule has 0 saturated heterocycles. The monoisotopic (exact) mass is 954 g/mol. The summed E-state index contributed by atoms with van der Waals surface area (Å²) in [5, 5.41) is 0. The largest absolute Gasteiger partial charge is 0.458 e. The summed E-state index contributed by atoms with van der Waals surface area (Å²) < 4.78 is 14.5. The highest BCUT2D eigenvalue weighted by Gasteiger charge is 2.52. The molecule has 11 aromatic rings. The van der Waals surface area contributed by atoms with Gasteiger partial charge in [0.1, 0.15) is 23.0 Å². The van der Waals surface area contributed by atoms with Crippen molar-refractivity contribution in [3.63, 3.8) is 0 Å². The second-order valence-corrected chi connectivity index (χ2v) is 20.3. The number of nitrogens with zero attached hydrogens (tertiary/aromatic N) is 4. The molecule has 0 aromatic heterocycles. The Morgan fingerprint density at radius 3 is 1.25 bits per heavy atom. The van der Waals surface area contributed by atoms with E-state index in [-0.39, 0.29) is 20.1 Å². The van der Waals surface area contributed by atoms with E-state index in [4.69, 9.17) is 9.47 Å². The third kappa shape index (κ3) is 5.67. The number of hydrogen-bond acceptors (Lipinski definition) is 6. The summed E-state index contributed by atoms with van der Waals surface area (Å²) in [5.74, 6) is 3.40. The van der Waals surface area contributed by atoms with Gasteiger partial charge in [-0.1, -0.05) is 152 Å². The molecule has 6 nitrogen and oxygen atoms in total. The first-order chi connectivity index (χ1) is 37.2. The van der Waals surface area contributed by atoms with Gasteiger partial charge in [0.05, 0.1) is 5.69 Å². The summed E-state index contributed by atoms with van der Waals surface area (Å²) in [7, 11) is 0. The predicted octanol–water partition coefficient (Wildman–Crippen LogP) is 10.6. The van der Waals surface area contributed by atoms with Crippen molar-refractivity contribution in [2.45, 2.75) is 0 Å². The van der Waals surface area contributed by atoms with Gasteiger partial charge in [-0.2, -0.15) is 0 Å². The molecule has 17 rings (SSSR count). The topological polar surface area (TPSA) is 31.4 Å². The molecule has 0 aliphatic carbocycles. The first kappa shape index (κ1) is 40.9. The van der Waals surface area contributed by atoms with Crippen LogP contribution in [0.4, 0.5) is 68.2 Å². The molecule has 6 heterocycles. The number of benzene rings is 11. The van der Waals surface area contributed by atoms with E-state index < -0.39 is 0 Å². The van der Waals surface area contributed by atoms with E-state index in [2.05, 4.69) is 268 Å². The molecule has 0 radical (unpaired) electrons. The second-order valence-electron chi connectivity index (χ2n) is 20.3. The molecule has 75 heavy (non-hydrogen) atoms. The van der Waals surface area contributed by atoms with Crippen molar-refractivity contribution in [3.05, 3.63) is 249 Å². The first-order valence-corrected chi connectivity index (χ1v) is 25.9. The van der Waals surface area contributed by atoms with Crippen molar-refractivity contribution >= 4 is 138 Å². The van der Waals surface area contributed by atoms with Crippen molar-refractivity contribution in [2.75, 3.05) is 19.6 Å². The maximum absolute atomic E-state index is 7.51. The minimum absolute atomic E-state index is 0.00112. The first-order valence-electron chi connectivity index (χ1n) is 25.9. The molecule has 0 N–H and O–H groups in total. The smallest absolute Gasteiger partial charge is 0.256 e. The molecular formula is C66H41B3N4O2. The average Bonchev–Trinajstić information content (AvgIpc) is 3.57. The van der Waals surface area contributed by atoms with E-state index in [1.54, 1.807) is 0 Å². The molecule has 11 aromatic carbocycles. The standard InChI is InChI=1S/C66H41B3N4O2/c1-5-21-42(22-6-1)70(43-23-7-2-8-24-43)46-37-57-63-58(38-46)72(45-27-11-4-12-28-45)56-40-60-52(39-51(56)68(63)47-29-13-17-33-53(47)71(57)44-25-9-3-10-26-44)69-49-31-15-19-35-55(49)73-54-34-18-14-30-48(54)67-50-32-16-20-36-59(50)74-61-41-62(75-60)65(69)66(73)64(61)67/h1-41H. The van der Waals surface area contributed by atoms with E-state index in [1.807, 2.05) is 0 Å². The van der Waals surface area contributed by atoms with Gasteiger partial charge < -0.3 is 29.1 Å². The summed E-state index contributed by atoms with van der Waals surface area (Å²) >= 11 is 0. The Kier molecular flexibility index (Phi) is 8.44. The van der Waals surface area contributed by atoms with Crippen molar-refractivity contribution in [2.24, 2.45) is 0 Å². The fourth-order valence-electron chi connectivity index (χ4n) is 13.6. The molecule has 0 fully saturated rings. The zero-order valence-electron chi connectivity index (χ0n) is 40.5. The maximum atomic E-state index is 7.51. The van der Waals surface area contributed by atoms with Crippen LogP contribution in [-0.4, -0.2) is 20.1 Å². The molecule has 0 atom stereocenters. The molecule has 0 bridgehead atoms. The van der Waals surface area contributed by atoms with Gasteiger partial charge in [0.15, 0.2) is 0 Å². The van der Waals surface area contributed by atoms with Gasteiger partial charge in [-0.25, -0.2) is 0 Å². The molecule has 9 heteroatoms. The lowest BCUT2D eigenvalue weighted by Crippen LogP contribution is -2.68. The quantitative estimate of drug-likeness (QED) is 0.160. The number of anilines is 12. The number of hydrogen-bond donors (Lipinski definition) is 0. The number of para-hydroxylation sites is 8. The summed E-state index contributed by atoms with van der Waals surface area (Å²) in [6.07, 6.45) is 0. The van der Waals surface area contributed by atoms with Gasteiger partial charge in [-0.05, 0) is 134 Å². The highest BCUT2D eigenvalue weighted by Crippen LogP contribution is 2.50. The Hall–Kier alpha value is -9.59. The van der Waals surface area contributed by atoms with Crippen LogP contribution in [0.3, 0.4) is 0 Å². The highest BCUT2D eigenvalue weighted by atomic mass is 16.5. The van der Waals surface area contributed by atoms with E-state index in [1.165, 1.54) is 60.8 Å². The van der Waals surface area contributed by atoms with Crippen LogP contribution in [0.1, 0.15) is 0 Å². The Morgan fingerprint density at radius 2 is 0.693 bits per heavy atom. The molecule has 0 saturated carbocycles. The van der Waals surface area contributed by atoms with Gasteiger partial charge >= 0.3 is 0 Å². The maximum Gasteiger partial charge on any atom is 0.256 e. The SMILES string of the molecule is c1ccc(N(c2ccccc2)c2cc3c4c(c2)N(c2ccccc2)c2cc5c(cc2B4c2ccccc2N3c2ccccc2)B2c3ccccc3N3c4ccccc4B4c6ccccc6Oc6cc(c2c3c64)O5)cc1. The second kappa shape index (κ2) is 15.5. The molecule has 6 aliphatic heterocycles. The normalized spacial score (nSPS) is 13.9. The van der Waals surface area contributed by atoms with Gasteiger partial charge in [0.25, 0.3) is 20.1 Å². The van der Waals surface area contributed by atoms with Crippen molar-refractivity contribution in [3.8, 4) is 23.0 Å². The van der Waals surface area contributed by atoms with Gasteiger partial charge in [0.2, 0.25) is 0 Å². The summed E-state index contributed by atoms with van der Waals surface area (Å²) in [5.41, 5.74) is 24.4. The lowest BCUT2D eigenvalue weighted by molar-refractivity contribution is 0.466. The third-order valence-electron chi connectivity index (χ3n) is 16.5. The van der Waals surface area contributed by atoms with Gasteiger partial charge in [-0.3, -0.25) is 0 Å². The minimum Gasteiger partial charge on any atom is -0.458 e. The Bertz CT molecular complexity index is 4160. The van der Waals surface area contributed by atoms with Crippen LogP contribution in [0.25, 0.3) is 0 Å². The lowest BCUT2D eigenvalue weighted by Gasteiger charge is -2.48. The highest BCUT2D eigenvalue weighted by molar-refractivity contribution is 7.05. The van der Waals surface area contributed by atoms with Crippen molar-refractivity contribution in [1.82, 2.24) is 0 Å². The average molecular weight is 955 g/mol. The van der Waals surface area contributed by atoms with Gasteiger partial charge in [0, 0.05) is 74.7 Å². The summed E-state index contributed by atoms with van der Waals surface area (Å²) in [6.45, 7) is -0.246. The molecule has 0 spiro atoms. The summed E-state index contributed by atoms with van der Waals surface area (Å²) in [4.78, 5) is 9.87. The Morgan fingerprint density at radius 1 is 0.267 bits per heavy atom. The predicted molar refractivity (Wildman–Crippen MR) is 312 cm³/mol. The molecular weight excluding hydrogens is 913 g/mol. The van der Waals surface area contributed by atoms with E-state index in [0.29, 0.717) is 0 Å². The summed E-state index contributed by atoms with van der Waals surface area (Å²) in [6, 6.07) is 90.7. The molecule has 6 aliphatic rings. The van der Waals surface area contributed by atoms with Crippen LogP contribution < -0.4 is 78.2 Å². The van der Waals surface area contributed by atoms with Gasteiger partial charge in [-0.15, -0.1) is 0 Å². The molecule has 0 amide bonds. The fourth-order valence-corrected chi connectivity index (χ4v) is 13.6. The number of ether oxygens (including phenoxy) is 2. The fraction of sp³-hybridized carbons (Fsp3) is 0. The Labute approximate surface area is 436 Å². The van der Waals surface area contributed by atoms with E-state index >= 15 is 0 Å². The third-order valence-corrected chi connectivity index (χ3v) is 16.5. The zero-order valence-corrected chi connectivity index (χ0v) is 40.5. The number of rotatable bonds is 5. The number of fused-ring (bicyclic) bond motifs is 14. The lowest BCUT2D eigenvalue weighted by atomic mass is 9.28. The van der Waals surface area contributed by atoms with Crippen LogP contribution in [0, 0.1) is 0 Å². The zero-order chi connectivity index (χ0) is 48.9. The Balaban J connectivity index is 0.957. The van der Waals surface area contributed by atoms with Crippen molar-refractivity contribution < 1.29 is 9.47 Å². The van der Waals surface area contributed by atoms with Crippen LogP contribution in [0.5, 0.6) is 23.0 Å². The molecule has 346 valence electrons. The van der Waals surface area contributed by atoms with Crippen LogP contribution in [-0.2, 0) is 0 Å². The minimum atomic E-state index is -0.123.